The summed E-state index contributed by atoms with van der Waals surface area (Å²) in [5.74, 6) is -0.750. The molecule has 0 aromatic carbocycles. The maximum Gasteiger partial charge on any atom is 0.368 e. The summed E-state index contributed by atoms with van der Waals surface area (Å²) in [6.45, 7) is 10.5. The van der Waals surface area contributed by atoms with Crippen LogP contribution in [0.15, 0.2) is 11.9 Å². The monoisotopic (exact) mass is 250 g/mol. The van der Waals surface area contributed by atoms with Crippen LogP contribution in [0.5, 0.6) is 0 Å². The van der Waals surface area contributed by atoms with Gasteiger partial charge in [-0.15, -0.1) is 0 Å². The Morgan fingerprint density at radius 1 is 1.25 bits per heavy atom. The molecule has 0 saturated heterocycles. The average Bonchev–Trinajstić information content (AvgIpc) is 2.16. The number of carbonyl (C=O) groups excluding carboxylic acids is 1. The number of esters is 1. The largest absolute Gasteiger partial charge is 0.459 e. The third-order valence-electron chi connectivity index (χ3n) is 1.51. The summed E-state index contributed by atoms with van der Waals surface area (Å²) in [5, 5.41) is -0.259. The van der Waals surface area contributed by atoms with Crippen molar-refractivity contribution in [1.82, 2.24) is 0 Å². The highest BCUT2D eigenvalue weighted by Gasteiger charge is 2.34. The molecule has 0 radical (unpaired) electrons. The van der Waals surface area contributed by atoms with Crippen LogP contribution >= 0.6 is 7.60 Å². The summed E-state index contributed by atoms with van der Waals surface area (Å²) in [7, 11) is -3.59. The van der Waals surface area contributed by atoms with Gasteiger partial charge in [-0.05, 0) is 27.7 Å². The summed E-state index contributed by atoms with van der Waals surface area (Å²) >= 11 is 0. The number of hydrogen-bond acceptors (Lipinski definition) is 5. The Bertz CT molecular complexity index is 288. The molecule has 6 heteroatoms. The van der Waals surface area contributed by atoms with Crippen LogP contribution in [0.1, 0.15) is 27.7 Å². The van der Waals surface area contributed by atoms with E-state index >= 15 is 0 Å². The second-order valence-corrected chi connectivity index (χ2v) is 5.28. The molecule has 0 unspecified atom stereocenters. The Hall–Kier alpha value is -0.640. The zero-order valence-electron chi connectivity index (χ0n) is 10.2. The molecule has 0 aliphatic heterocycles. The van der Waals surface area contributed by atoms with Crippen molar-refractivity contribution in [3.05, 3.63) is 11.9 Å². The van der Waals surface area contributed by atoms with E-state index in [9.17, 15) is 9.36 Å². The van der Waals surface area contributed by atoms with E-state index in [1.54, 1.807) is 27.7 Å². The molecule has 0 bridgehead atoms. The Kier molecular flexibility index (Phi) is 6.56. The predicted octanol–water partition coefficient (Wildman–Crippen LogP) is 2.72. The normalized spacial score (nSPS) is 11.6. The van der Waals surface area contributed by atoms with Crippen molar-refractivity contribution in [1.29, 1.82) is 0 Å². The van der Waals surface area contributed by atoms with Gasteiger partial charge in [-0.25, -0.2) is 4.79 Å². The predicted molar refractivity (Wildman–Crippen MR) is 61.2 cm³/mol. The fourth-order valence-corrected chi connectivity index (χ4v) is 2.27. The van der Waals surface area contributed by atoms with Crippen LogP contribution in [0, 0.1) is 0 Å². The summed E-state index contributed by atoms with van der Waals surface area (Å²) in [5.41, 5.74) is 0. The quantitative estimate of drug-likeness (QED) is 0.395. The van der Waals surface area contributed by atoms with E-state index in [0.29, 0.717) is 0 Å². The highest BCUT2D eigenvalue weighted by atomic mass is 31.2. The Labute approximate surface area is 96.3 Å². The molecule has 0 aromatic rings. The number of hydrogen-bond donors (Lipinski definition) is 0. The first kappa shape index (κ1) is 15.4. The van der Waals surface area contributed by atoms with Gasteiger partial charge < -0.3 is 13.8 Å². The third kappa shape index (κ3) is 4.47. The highest BCUT2D eigenvalue weighted by molar-refractivity contribution is 7.59. The summed E-state index contributed by atoms with van der Waals surface area (Å²) in [6, 6.07) is 0. The van der Waals surface area contributed by atoms with Crippen LogP contribution in [0.3, 0.4) is 0 Å². The first-order valence-corrected chi connectivity index (χ1v) is 6.71. The fraction of sp³-hybridized carbons (Fsp3) is 0.700. The van der Waals surface area contributed by atoms with E-state index in [2.05, 4.69) is 6.58 Å². The molecule has 0 aliphatic rings. The molecule has 0 aliphatic carbocycles. The van der Waals surface area contributed by atoms with Gasteiger partial charge in [0.2, 0.25) is 0 Å². The van der Waals surface area contributed by atoms with Gasteiger partial charge >= 0.3 is 13.6 Å². The maximum atomic E-state index is 12.1. The molecule has 94 valence electrons. The molecule has 0 saturated carbocycles. The molecular weight excluding hydrogens is 231 g/mol. The zero-order chi connectivity index (χ0) is 12.8. The van der Waals surface area contributed by atoms with Crippen molar-refractivity contribution in [2.75, 3.05) is 13.2 Å². The second kappa shape index (κ2) is 6.84. The lowest BCUT2D eigenvalue weighted by molar-refractivity contribution is -0.141. The van der Waals surface area contributed by atoms with Crippen LogP contribution in [-0.2, 0) is 23.1 Å². The average molecular weight is 250 g/mol. The van der Waals surface area contributed by atoms with E-state index in [1.165, 1.54) is 0 Å². The summed E-state index contributed by atoms with van der Waals surface area (Å²) < 4.78 is 26.9. The number of ether oxygens (including phenoxy) is 1. The lowest BCUT2D eigenvalue weighted by Crippen LogP contribution is -2.15. The standard InChI is InChI=1S/C10H19O5P/c1-6-13-16(12,14-7-2)9(5)10(11)15-8(3)4/h8H,5-7H2,1-4H3. The molecule has 0 fully saturated rings. The van der Waals surface area contributed by atoms with Gasteiger partial charge in [0, 0.05) is 0 Å². The minimum atomic E-state index is -3.59. The number of rotatable bonds is 7. The molecule has 16 heavy (non-hydrogen) atoms. The first-order chi connectivity index (χ1) is 7.37. The summed E-state index contributed by atoms with van der Waals surface area (Å²) in [4.78, 5) is 11.5. The van der Waals surface area contributed by atoms with Crippen molar-refractivity contribution in [2.45, 2.75) is 33.8 Å². The molecule has 0 amide bonds. The highest BCUT2D eigenvalue weighted by Crippen LogP contribution is 2.55. The fourth-order valence-electron chi connectivity index (χ4n) is 0.927. The molecule has 0 rings (SSSR count). The Morgan fingerprint density at radius 2 is 1.69 bits per heavy atom. The zero-order valence-corrected chi connectivity index (χ0v) is 11.1. The lowest BCUT2D eigenvalue weighted by Gasteiger charge is -2.18. The lowest BCUT2D eigenvalue weighted by atomic mass is 10.5. The van der Waals surface area contributed by atoms with Crippen molar-refractivity contribution in [3.63, 3.8) is 0 Å². The molecule has 0 N–H and O–H groups in total. The van der Waals surface area contributed by atoms with Crippen LogP contribution in [0.2, 0.25) is 0 Å². The minimum Gasteiger partial charge on any atom is -0.459 e. The van der Waals surface area contributed by atoms with E-state index in [0.717, 1.165) is 0 Å². The van der Waals surface area contributed by atoms with Crippen LogP contribution < -0.4 is 0 Å². The Balaban J connectivity index is 4.74. The van der Waals surface area contributed by atoms with Crippen molar-refractivity contribution in [2.24, 2.45) is 0 Å². The van der Waals surface area contributed by atoms with Gasteiger partial charge in [-0.1, -0.05) is 6.58 Å². The minimum absolute atomic E-state index is 0.172. The first-order valence-electron chi connectivity index (χ1n) is 5.17. The van der Waals surface area contributed by atoms with E-state index in [4.69, 9.17) is 13.8 Å². The molecule has 0 heterocycles. The van der Waals surface area contributed by atoms with Gasteiger partial charge in [0.15, 0.2) is 0 Å². The molecular formula is C10H19O5P. The maximum absolute atomic E-state index is 12.1. The van der Waals surface area contributed by atoms with Gasteiger partial charge in [0.25, 0.3) is 0 Å². The van der Waals surface area contributed by atoms with Gasteiger partial charge in [-0.2, -0.15) is 0 Å². The summed E-state index contributed by atoms with van der Waals surface area (Å²) in [6.07, 6.45) is -0.305. The van der Waals surface area contributed by atoms with Crippen molar-refractivity contribution < 1.29 is 23.1 Å². The molecule has 5 nitrogen and oxygen atoms in total. The van der Waals surface area contributed by atoms with Gasteiger partial charge in [0.1, 0.15) is 5.31 Å². The SMILES string of the molecule is C=C(C(=O)OC(C)C)P(=O)(OCC)OCC. The van der Waals surface area contributed by atoms with E-state index < -0.39 is 13.6 Å². The molecule has 0 aromatic heterocycles. The van der Waals surface area contributed by atoms with Crippen molar-refractivity contribution >= 4 is 13.6 Å². The second-order valence-electron chi connectivity index (χ2n) is 3.23. The van der Waals surface area contributed by atoms with Crippen LogP contribution in [0.25, 0.3) is 0 Å². The van der Waals surface area contributed by atoms with Crippen LogP contribution in [-0.4, -0.2) is 25.3 Å². The smallest absolute Gasteiger partial charge is 0.368 e. The van der Waals surface area contributed by atoms with E-state index in [1.807, 2.05) is 0 Å². The van der Waals surface area contributed by atoms with Crippen LogP contribution in [0.4, 0.5) is 0 Å². The van der Waals surface area contributed by atoms with Gasteiger partial charge in [-0.3, -0.25) is 4.57 Å². The Morgan fingerprint density at radius 3 is 2.00 bits per heavy atom. The third-order valence-corrected chi connectivity index (χ3v) is 3.55. The molecule has 0 atom stereocenters. The topological polar surface area (TPSA) is 61.8 Å². The molecule has 0 spiro atoms. The van der Waals surface area contributed by atoms with E-state index in [-0.39, 0.29) is 24.6 Å². The van der Waals surface area contributed by atoms with Gasteiger partial charge in [0.05, 0.1) is 19.3 Å². The number of carbonyl (C=O) groups is 1. The van der Waals surface area contributed by atoms with Crippen molar-refractivity contribution in [3.8, 4) is 0 Å².